The van der Waals surface area contributed by atoms with Gasteiger partial charge in [-0.2, -0.15) is 0 Å². The van der Waals surface area contributed by atoms with Gasteiger partial charge in [-0.15, -0.1) is 0 Å². The minimum absolute atomic E-state index is 0.161. The van der Waals surface area contributed by atoms with Crippen LogP contribution in [0.25, 0.3) is 5.76 Å². The molecule has 3 aliphatic carbocycles. The first-order valence-corrected chi connectivity index (χ1v) is 9.59. The highest BCUT2D eigenvalue weighted by atomic mass is 16.3. The van der Waals surface area contributed by atoms with Gasteiger partial charge >= 0.3 is 0 Å². The van der Waals surface area contributed by atoms with Crippen LogP contribution in [0.3, 0.4) is 0 Å². The van der Waals surface area contributed by atoms with E-state index in [-0.39, 0.29) is 23.3 Å². The van der Waals surface area contributed by atoms with Crippen LogP contribution in [0.5, 0.6) is 5.75 Å². The quantitative estimate of drug-likeness (QED) is 0.336. The highest BCUT2D eigenvalue weighted by molar-refractivity contribution is 6.24. The summed E-state index contributed by atoms with van der Waals surface area (Å²) in [5.74, 6) is -7.79. The highest BCUT2D eigenvalue weighted by Gasteiger charge is 2.65. The van der Waals surface area contributed by atoms with Crippen LogP contribution in [0.15, 0.2) is 35.1 Å². The van der Waals surface area contributed by atoms with Crippen LogP contribution in [0.2, 0.25) is 0 Å². The summed E-state index contributed by atoms with van der Waals surface area (Å²) in [5, 5.41) is 54.1. The van der Waals surface area contributed by atoms with Gasteiger partial charge in [-0.1, -0.05) is 12.1 Å². The summed E-state index contributed by atoms with van der Waals surface area (Å²) in [6.45, 7) is 0. The van der Waals surface area contributed by atoms with Crippen LogP contribution in [0.1, 0.15) is 23.7 Å². The number of Topliss-reactive ketones (excluding diaryl/α,β-unsaturated/α-hetero) is 2. The Morgan fingerprint density at radius 1 is 1.19 bits per heavy atom. The third kappa shape index (κ3) is 2.52. The Hall–Kier alpha value is -3.21. The Bertz CT molecular complexity index is 1100. The molecule has 0 bridgehead atoms. The average molecular weight is 430 g/mol. The summed E-state index contributed by atoms with van der Waals surface area (Å²) in [4.78, 5) is 39.7. The molecule has 7 N–H and O–H groups in total. The number of carbonyl (C=O) groups is 3. The summed E-state index contributed by atoms with van der Waals surface area (Å²) in [7, 11) is 3.00. The fraction of sp³-hybridized carbons (Fsp3) is 0.381. The molecule has 4 rings (SSSR count). The number of hydrogen-bond donors (Lipinski definition) is 6. The predicted octanol–water partition coefficient (Wildman–Crippen LogP) is -0.545. The normalized spacial score (nSPS) is 32.7. The first-order chi connectivity index (χ1) is 14.4. The van der Waals surface area contributed by atoms with E-state index < -0.39 is 69.7 Å². The fourth-order valence-corrected chi connectivity index (χ4v) is 5.20. The summed E-state index contributed by atoms with van der Waals surface area (Å²) in [6.07, 6.45) is -1.51. The molecule has 0 unspecified atom stereocenters. The van der Waals surface area contributed by atoms with E-state index in [1.807, 2.05) is 0 Å². The van der Waals surface area contributed by atoms with Gasteiger partial charge in [0, 0.05) is 17.4 Å². The van der Waals surface area contributed by atoms with Gasteiger partial charge in [0.05, 0.1) is 17.7 Å². The monoisotopic (exact) mass is 430 g/mol. The first-order valence-electron chi connectivity index (χ1n) is 9.59. The van der Waals surface area contributed by atoms with Crippen molar-refractivity contribution < 1.29 is 39.9 Å². The number of aliphatic hydroxyl groups is 4. The first kappa shape index (κ1) is 21.0. The molecule has 0 saturated heterocycles. The minimum Gasteiger partial charge on any atom is -0.508 e. The Morgan fingerprint density at radius 3 is 2.42 bits per heavy atom. The molecule has 0 aliphatic heterocycles. The second kappa shape index (κ2) is 6.64. The summed E-state index contributed by atoms with van der Waals surface area (Å²) >= 11 is 0. The number of aromatic hydroxyl groups is 1. The molecule has 5 atom stereocenters. The lowest BCUT2D eigenvalue weighted by molar-refractivity contribution is -0.155. The molecule has 164 valence electrons. The van der Waals surface area contributed by atoms with E-state index in [2.05, 4.69) is 0 Å². The van der Waals surface area contributed by atoms with Gasteiger partial charge in [0.25, 0.3) is 5.91 Å². The molecule has 1 fully saturated rings. The number of phenolic OH excluding ortho intramolecular Hbond substituents is 1. The number of aliphatic hydroxyl groups excluding tert-OH is 3. The predicted molar refractivity (Wildman–Crippen MR) is 106 cm³/mol. The number of likely N-dealkylation sites (N-methyl/N-ethyl adjacent to an activating group) is 1. The van der Waals surface area contributed by atoms with Crippen molar-refractivity contribution in [3.05, 3.63) is 46.2 Å². The molecular formula is C21H22N2O8. The van der Waals surface area contributed by atoms with E-state index in [1.54, 1.807) is 0 Å². The third-order valence-electron chi connectivity index (χ3n) is 6.57. The van der Waals surface area contributed by atoms with Gasteiger partial charge in [-0.25, -0.2) is 0 Å². The number of rotatable bonds is 2. The van der Waals surface area contributed by atoms with Crippen molar-refractivity contribution in [3.63, 3.8) is 0 Å². The SMILES string of the molecule is CN(C)[C@@H]1C(=O)C(C(N)=O)=C(O)[C@@]2(O)C(=O)C3=C(O)c4c(O)cccc4[C@@H](O)[C@H]3C[C@@H]12. The zero-order valence-corrected chi connectivity index (χ0v) is 16.7. The van der Waals surface area contributed by atoms with Crippen molar-refractivity contribution in [3.8, 4) is 5.75 Å². The molecule has 1 aromatic carbocycles. The number of fused-ring (bicyclic) bond motifs is 3. The highest BCUT2D eigenvalue weighted by Crippen LogP contribution is 2.55. The molecule has 1 saturated carbocycles. The van der Waals surface area contributed by atoms with E-state index in [0.29, 0.717) is 0 Å². The Kier molecular flexibility index (Phi) is 4.51. The van der Waals surface area contributed by atoms with Crippen LogP contribution < -0.4 is 5.73 Å². The van der Waals surface area contributed by atoms with Crippen LogP contribution >= 0.6 is 0 Å². The second-order valence-corrected chi connectivity index (χ2v) is 8.35. The van der Waals surface area contributed by atoms with Crippen LogP contribution in [-0.4, -0.2) is 73.6 Å². The molecular weight excluding hydrogens is 408 g/mol. The molecule has 31 heavy (non-hydrogen) atoms. The zero-order chi connectivity index (χ0) is 23.0. The van der Waals surface area contributed by atoms with Gasteiger partial charge in [0.2, 0.25) is 5.78 Å². The van der Waals surface area contributed by atoms with Crippen molar-refractivity contribution in [1.82, 2.24) is 4.90 Å². The van der Waals surface area contributed by atoms with E-state index in [1.165, 1.54) is 37.2 Å². The van der Waals surface area contributed by atoms with Gasteiger partial charge in [0.1, 0.15) is 22.8 Å². The summed E-state index contributed by atoms with van der Waals surface area (Å²) in [6, 6.07) is 3.01. The Morgan fingerprint density at radius 2 is 1.84 bits per heavy atom. The third-order valence-corrected chi connectivity index (χ3v) is 6.57. The molecule has 1 amide bonds. The van der Waals surface area contributed by atoms with E-state index in [4.69, 9.17) is 5.73 Å². The lowest BCUT2D eigenvalue weighted by Crippen LogP contribution is -2.66. The molecule has 0 heterocycles. The number of carbonyl (C=O) groups excluding carboxylic acids is 3. The number of phenols is 1. The van der Waals surface area contributed by atoms with Gasteiger partial charge < -0.3 is 31.3 Å². The number of primary amides is 1. The van der Waals surface area contributed by atoms with Crippen molar-refractivity contribution in [2.24, 2.45) is 17.6 Å². The van der Waals surface area contributed by atoms with Gasteiger partial charge in [0.15, 0.2) is 11.4 Å². The van der Waals surface area contributed by atoms with Crippen LogP contribution in [0, 0.1) is 11.8 Å². The molecule has 3 aliphatic rings. The van der Waals surface area contributed by atoms with Crippen LogP contribution in [0.4, 0.5) is 0 Å². The maximum Gasteiger partial charge on any atom is 0.255 e. The molecule has 10 nitrogen and oxygen atoms in total. The van der Waals surface area contributed by atoms with Gasteiger partial charge in [-0.05, 0) is 32.1 Å². The molecule has 0 aromatic heterocycles. The number of amides is 1. The average Bonchev–Trinajstić information content (AvgIpc) is 2.68. The number of hydrogen-bond acceptors (Lipinski definition) is 9. The maximum atomic E-state index is 13.5. The standard InChI is InChI=1S/C21H22N2O8/c1-23(2)14-9-6-8-12(16(26)11-7(15(8)25)4-3-5-10(11)24)18(28)21(9,31)19(29)13(17(14)27)20(22)30/h3-5,8-9,14-15,24-26,29,31H,6H2,1-2H3,(H2,22,30)/t8-,9-,14-,15+,21-/m0/s1. The second-order valence-electron chi connectivity index (χ2n) is 8.35. The van der Waals surface area contributed by atoms with Crippen LogP contribution in [-0.2, 0) is 14.4 Å². The van der Waals surface area contributed by atoms with Crippen molar-refractivity contribution in [1.29, 1.82) is 0 Å². The van der Waals surface area contributed by atoms with Crippen molar-refractivity contribution in [2.45, 2.75) is 24.2 Å². The minimum atomic E-state index is -2.73. The topological polar surface area (TPSA) is 182 Å². The van der Waals surface area contributed by atoms with Crippen molar-refractivity contribution in [2.75, 3.05) is 14.1 Å². The molecule has 1 aromatic rings. The lowest BCUT2D eigenvalue weighted by atomic mass is 9.57. The van der Waals surface area contributed by atoms with E-state index in [9.17, 15) is 39.9 Å². The maximum absolute atomic E-state index is 13.5. The Balaban J connectivity index is 2.01. The van der Waals surface area contributed by atoms with E-state index >= 15 is 0 Å². The molecule has 0 spiro atoms. The number of ketones is 2. The van der Waals surface area contributed by atoms with Crippen molar-refractivity contribution >= 4 is 23.2 Å². The zero-order valence-electron chi connectivity index (χ0n) is 16.7. The largest absolute Gasteiger partial charge is 0.508 e. The summed E-state index contributed by atoms with van der Waals surface area (Å²) < 4.78 is 0. The number of benzene rings is 1. The van der Waals surface area contributed by atoms with E-state index in [0.717, 1.165) is 0 Å². The lowest BCUT2D eigenvalue weighted by Gasteiger charge is -2.51. The number of nitrogens with two attached hydrogens (primary N) is 1. The summed E-state index contributed by atoms with van der Waals surface area (Å²) in [5.41, 5.74) is 1.26. The smallest absolute Gasteiger partial charge is 0.255 e. The van der Waals surface area contributed by atoms with Gasteiger partial charge in [-0.3, -0.25) is 19.3 Å². The number of nitrogens with zero attached hydrogens (tertiary/aromatic N) is 1. The Labute approximate surface area is 176 Å². The molecule has 10 heteroatoms. The fourth-order valence-electron chi connectivity index (χ4n) is 5.20. The molecule has 0 radical (unpaired) electrons.